The Kier molecular flexibility index (Phi) is 13.0. The van der Waals surface area contributed by atoms with Crippen molar-refractivity contribution in [3.63, 3.8) is 0 Å². The maximum Gasteiger partial charge on any atom is 0.349 e. The van der Waals surface area contributed by atoms with E-state index in [-0.39, 0.29) is 24.3 Å². The Morgan fingerprint density at radius 2 is 1.70 bits per heavy atom. The summed E-state index contributed by atoms with van der Waals surface area (Å²) in [7, 11) is 0. The lowest BCUT2D eigenvalue weighted by atomic mass is 9.98. The molecule has 0 heterocycles. The van der Waals surface area contributed by atoms with E-state index in [2.05, 4.69) is 38.7 Å². The van der Waals surface area contributed by atoms with Crippen LogP contribution in [0.25, 0.3) is 0 Å². The predicted molar refractivity (Wildman–Crippen MR) is 149 cm³/mol. The third-order valence-corrected chi connectivity index (χ3v) is 6.46. The summed E-state index contributed by atoms with van der Waals surface area (Å²) in [5.74, 6) is -0.324. The van der Waals surface area contributed by atoms with E-state index in [1.54, 1.807) is 41.3 Å². The molecule has 0 radical (unpaired) electrons. The van der Waals surface area contributed by atoms with Crippen LogP contribution in [0.3, 0.4) is 0 Å². The van der Waals surface area contributed by atoms with Gasteiger partial charge in [0.25, 0.3) is 0 Å². The zero-order valence-electron chi connectivity index (χ0n) is 22.1. The summed E-state index contributed by atoms with van der Waals surface area (Å²) in [5.41, 5.74) is 1.45. The lowest BCUT2D eigenvalue weighted by Gasteiger charge is -2.24. The molecule has 0 saturated heterocycles. The van der Waals surface area contributed by atoms with Crippen molar-refractivity contribution in [2.75, 3.05) is 18.8 Å². The monoisotopic (exact) mass is 528 g/mol. The molecule has 2 amide bonds. The number of amides is 2. The van der Waals surface area contributed by atoms with Gasteiger partial charge >= 0.3 is 5.97 Å². The van der Waals surface area contributed by atoms with E-state index in [9.17, 15) is 19.5 Å². The maximum absolute atomic E-state index is 13.0. The highest BCUT2D eigenvalue weighted by Gasteiger charge is 2.23. The van der Waals surface area contributed by atoms with Crippen molar-refractivity contribution in [2.24, 2.45) is 11.8 Å². The summed E-state index contributed by atoms with van der Waals surface area (Å²) < 4.78 is 5.74. The first-order valence-corrected chi connectivity index (χ1v) is 13.6. The van der Waals surface area contributed by atoms with Gasteiger partial charge in [0, 0.05) is 30.3 Å². The molecule has 2 N–H and O–H groups in total. The lowest BCUT2D eigenvalue weighted by Crippen LogP contribution is -2.42. The van der Waals surface area contributed by atoms with Crippen LogP contribution in [0.1, 0.15) is 63.7 Å². The Bertz CT molecular complexity index is 982. The number of benzene rings is 2. The van der Waals surface area contributed by atoms with Gasteiger partial charge in [0.05, 0.1) is 6.54 Å². The van der Waals surface area contributed by atoms with Crippen LogP contribution in [-0.4, -0.2) is 46.6 Å². The Morgan fingerprint density at radius 1 is 1.03 bits per heavy atom. The molecule has 0 aromatic heterocycles. The molecule has 2 unspecified atom stereocenters. The second kappa shape index (κ2) is 16.0. The number of rotatable bonds is 16. The molecule has 2 atom stereocenters. The zero-order chi connectivity index (χ0) is 27.2. The number of hydrogen-bond donors (Lipinski definition) is 3. The Balaban J connectivity index is 2.03. The van der Waals surface area contributed by atoms with Gasteiger partial charge in [-0.15, -0.1) is 0 Å². The SMILES string of the molecule is CCCCCN(Cc1ccc(OC(C(=O)O)c2ccccc2)cc1)C(=O)CNC(=O)C(CS)CC(C)C. The molecule has 0 aliphatic carbocycles. The van der Waals surface area contributed by atoms with E-state index < -0.39 is 12.1 Å². The normalized spacial score (nSPS) is 12.6. The fourth-order valence-electron chi connectivity index (χ4n) is 4.02. The highest BCUT2D eigenvalue weighted by Crippen LogP contribution is 2.23. The first-order valence-electron chi connectivity index (χ1n) is 12.9. The van der Waals surface area contributed by atoms with Crippen LogP contribution in [0.2, 0.25) is 0 Å². The minimum atomic E-state index is -1.11. The largest absolute Gasteiger partial charge is 0.478 e. The van der Waals surface area contributed by atoms with Crippen LogP contribution in [-0.2, 0) is 20.9 Å². The third-order valence-electron chi connectivity index (χ3n) is 6.02. The van der Waals surface area contributed by atoms with E-state index in [1.165, 1.54) is 0 Å². The van der Waals surface area contributed by atoms with Gasteiger partial charge in [-0.2, -0.15) is 12.6 Å². The van der Waals surface area contributed by atoms with E-state index in [4.69, 9.17) is 4.74 Å². The Labute approximate surface area is 226 Å². The van der Waals surface area contributed by atoms with Gasteiger partial charge in [-0.1, -0.05) is 76.1 Å². The summed E-state index contributed by atoms with van der Waals surface area (Å²) in [6.45, 7) is 7.16. The van der Waals surface area contributed by atoms with Gasteiger partial charge < -0.3 is 20.1 Å². The second-order valence-corrected chi connectivity index (χ2v) is 10.0. The number of ether oxygens (including phenoxy) is 1. The van der Waals surface area contributed by atoms with Crippen LogP contribution in [0.5, 0.6) is 5.75 Å². The fourth-order valence-corrected chi connectivity index (χ4v) is 4.33. The summed E-state index contributed by atoms with van der Waals surface area (Å²) in [6, 6.07) is 15.9. The van der Waals surface area contributed by atoms with Crippen molar-refractivity contribution in [2.45, 2.75) is 59.1 Å². The van der Waals surface area contributed by atoms with Crippen molar-refractivity contribution in [1.82, 2.24) is 10.2 Å². The Morgan fingerprint density at radius 3 is 2.27 bits per heavy atom. The minimum absolute atomic E-state index is 0.0497. The van der Waals surface area contributed by atoms with E-state index in [1.807, 2.05) is 18.2 Å². The van der Waals surface area contributed by atoms with Gasteiger partial charge in [-0.25, -0.2) is 4.79 Å². The molecule has 2 aromatic rings. The van der Waals surface area contributed by atoms with Crippen molar-refractivity contribution in [1.29, 1.82) is 0 Å². The number of unbranched alkanes of at least 4 members (excludes halogenated alkanes) is 2. The quantitative estimate of drug-likeness (QED) is 0.208. The van der Waals surface area contributed by atoms with Crippen LogP contribution in [0.4, 0.5) is 0 Å². The van der Waals surface area contributed by atoms with Gasteiger partial charge in [0.2, 0.25) is 17.9 Å². The molecule has 0 spiro atoms. The number of carbonyl (C=O) groups excluding carboxylic acids is 2. The molecule has 202 valence electrons. The van der Waals surface area contributed by atoms with Crippen LogP contribution in [0.15, 0.2) is 54.6 Å². The topological polar surface area (TPSA) is 95.9 Å². The highest BCUT2D eigenvalue weighted by atomic mass is 32.1. The van der Waals surface area contributed by atoms with Crippen molar-refractivity contribution >= 4 is 30.4 Å². The first kappa shape index (κ1) is 30.2. The van der Waals surface area contributed by atoms with Gasteiger partial charge in [0.1, 0.15) is 5.75 Å². The number of carboxylic acid groups (broad SMARTS) is 1. The maximum atomic E-state index is 13.0. The molecule has 0 aliphatic rings. The summed E-state index contributed by atoms with van der Waals surface area (Å²) in [6.07, 6.45) is 2.54. The molecular weight excluding hydrogens is 488 g/mol. The molecule has 0 fully saturated rings. The first-order chi connectivity index (χ1) is 17.7. The van der Waals surface area contributed by atoms with Crippen molar-refractivity contribution in [3.8, 4) is 5.75 Å². The molecule has 2 rings (SSSR count). The summed E-state index contributed by atoms with van der Waals surface area (Å²) >= 11 is 4.30. The molecule has 37 heavy (non-hydrogen) atoms. The smallest absolute Gasteiger partial charge is 0.349 e. The summed E-state index contributed by atoms with van der Waals surface area (Å²) in [5, 5.41) is 12.4. The van der Waals surface area contributed by atoms with Crippen molar-refractivity contribution in [3.05, 3.63) is 65.7 Å². The standard InChI is InChI=1S/C29H40N2O5S/c1-4-5-9-16-31(26(32)18-30-28(33)24(20-37)17-21(2)3)19-22-12-14-25(15-13-22)36-27(29(34)35)23-10-7-6-8-11-23/h6-8,10-15,21,24,27,37H,4-5,9,16-20H2,1-3H3,(H,30,33)(H,34,35). The van der Waals surface area contributed by atoms with Crippen LogP contribution in [0, 0.1) is 11.8 Å². The lowest BCUT2D eigenvalue weighted by molar-refractivity contribution is -0.145. The summed E-state index contributed by atoms with van der Waals surface area (Å²) in [4.78, 5) is 39.1. The van der Waals surface area contributed by atoms with Crippen LogP contribution < -0.4 is 10.1 Å². The highest BCUT2D eigenvalue weighted by molar-refractivity contribution is 7.80. The molecular formula is C29H40N2O5S. The minimum Gasteiger partial charge on any atom is -0.478 e. The van der Waals surface area contributed by atoms with Gasteiger partial charge in [-0.05, 0) is 36.5 Å². The number of thiol groups is 1. The number of nitrogens with zero attached hydrogens (tertiary/aromatic N) is 1. The van der Waals surface area contributed by atoms with E-state index >= 15 is 0 Å². The molecule has 0 bridgehead atoms. The molecule has 7 nitrogen and oxygen atoms in total. The third kappa shape index (κ3) is 10.5. The van der Waals surface area contributed by atoms with Gasteiger partial charge in [-0.3, -0.25) is 9.59 Å². The number of hydrogen-bond acceptors (Lipinski definition) is 5. The number of aliphatic carboxylic acids is 1. The van der Waals surface area contributed by atoms with E-state index in [0.717, 1.165) is 31.2 Å². The predicted octanol–water partition coefficient (Wildman–Crippen LogP) is 5.12. The van der Waals surface area contributed by atoms with Gasteiger partial charge in [0.15, 0.2) is 0 Å². The molecule has 8 heteroatoms. The average molecular weight is 529 g/mol. The number of carbonyl (C=O) groups is 3. The Hall–Kier alpha value is -3.00. The molecule has 0 aliphatic heterocycles. The van der Waals surface area contributed by atoms with E-state index in [0.29, 0.717) is 36.1 Å². The average Bonchev–Trinajstić information content (AvgIpc) is 2.89. The number of nitrogens with one attached hydrogen (secondary N) is 1. The zero-order valence-corrected chi connectivity index (χ0v) is 23.0. The van der Waals surface area contributed by atoms with Crippen LogP contribution >= 0.6 is 12.6 Å². The molecule has 2 aromatic carbocycles. The molecule has 0 saturated carbocycles. The second-order valence-electron chi connectivity index (χ2n) is 9.64. The number of carboxylic acids is 1. The van der Waals surface area contributed by atoms with Crippen molar-refractivity contribution < 1.29 is 24.2 Å². The fraction of sp³-hybridized carbons (Fsp3) is 0.483.